The molecule has 1 aliphatic heterocycles. The third kappa shape index (κ3) is 16.1. The third-order valence-electron chi connectivity index (χ3n) is 11.2. The number of nitrogens with one attached hydrogen (secondary N) is 4. The van der Waals surface area contributed by atoms with Gasteiger partial charge in [0.2, 0.25) is 11.8 Å². The lowest BCUT2D eigenvalue weighted by molar-refractivity contribution is -0.151. The summed E-state index contributed by atoms with van der Waals surface area (Å²) in [7, 11) is -4.98. The largest absolute Gasteiger partial charge is 0.480 e. The van der Waals surface area contributed by atoms with E-state index in [1.165, 1.54) is 0 Å². The summed E-state index contributed by atoms with van der Waals surface area (Å²) in [5, 5.41) is 20.7. The van der Waals surface area contributed by atoms with E-state index < -0.39 is 61.5 Å². The van der Waals surface area contributed by atoms with Crippen molar-refractivity contribution in [3.8, 4) is 0 Å². The standard InChI is InChI=1S/C46H60N5O12P/c52-41(36-22-14-23-36)49-37(24-10-12-27-47-45(57)61-31-34-18-6-2-7-19-34)42(53)50-40(30-33-16-4-1-5-17-33)64(59,60)63-39(43(54)51-29-15-25-38(51)44(55)56)26-11-13-28-48-46(58)62-32-35-20-8-3-9-21-35/h1-9,16-21,36-40H,10-15,22-32H2,(H,47,57)(H,48,58)(H,49,52)(H,50,53)(H,55,56)(H,59,60)/t37-,38-,39?,40-/m0/s1. The zero-order valence-electron chi connectivity index (χ0n) is 35.9. The number of carboxylic acids is 1. The van der Waals surface area contributed by atoms with E-state index >= 15 is 0 Å². The number of amides is 5. The highest BCUT2D eigenvalue weighted by Gasteiger charge is 2.43. The highest BCUT2D eigenvalue weighted by Crippen LogP contribution is 2.50. The predicted molar refractivity (Wildman–Crippen MR) is 235 cm³/mol. The van der Waals surface area contributed by atoms with Crippen molar-refractivity contribution in [2.45, 2.75) is 114 Å². The molecule has 6 N–H and O–H groups in total. The van der Waals surface area contributed by atoms with Gasteiger partial charge in [-0.05, 0) is 80.9 Å². The number of carbonyl (C=O) groups is 6. The van der Waals surface area contributed by atoms with Gasteiger partial charge in [0.15, 0.2) is 0 Å². The number of ether oxygens (including phenoxy) is 2. The van der Waals surface area contributed by atoms with Crippen LogP contribution in [0, 0.1) is 5.92 Å². The van der Waals surface area contributed by atoms with Gasteiger partial charge in [-0.1, -0.05) is 97.4 Å². The number of hydrogen-bond acceptors (Lipinski definition) is 10. The Hall–Kier alpha value is -5.77. The molecule has 3 aromatic rings. The summed E-state index contributed by atoms with van der Waals surface area (Å²) >= 11 is 0. The second-order valence-corrected chi connectivity index (χ2v) is 18.0. The fourth-order valence-corrected chi connectivity index (χ4v) is 8.82. The summed E-state index contributed by atoms with van der Waals surface area (Å²) in [6, 6.07) is 24.7. The summed E-state index contributed by atoms with van der Waals surface area (Å²) in [5.41, 5.74) is 2.22. The Bertz CT molecular complexity index is 2020. The van der Waals surface area contributed by atoms with Crippen LogP contribution in [0.5, 0.6) is 0 Å². The molecule has 3 aromatic carbocycles. The monoisotopic (exact) mass is 905 g/mol. The zero-order valence-corrected chi connectivity index (χ0v) is 36.8. The molecular weight excluding hydrogens is 846 g/mol. The maximum atomic E-state index is 14.5. The normalized spacial score (nSPS) is 17.1. The number of unbranched alkanes of at least 4 members (excludes halogenated alkanes) is 2. The molecule has 0 radical (unpaired) electrons. The molecule has 2 unspecified atom stereocenters. The lowest BCUT2D eigenvalue weighted by atomic mass is 9.84. The second-order valence-electron chi connectivity index (χ2n) is 16.1. The highest BCUT2D eigenvalue weighted by atomic mass is 31.2. The number of nitrogens with zero attached hydrogens (tertiary/aromatic N) is 1. The molecule has 0 aromatic heterocycles. The van der Waals surface area contributed by atoms with Crippen LogP contribution >= 0.6 is 7.60 Å². The molecule has 0 bridgehead atoms. The summed E-state index contributed by atoms with van der Waals surface area (Å²) in [4.78, 5) is 90.9. The van der Waals surface area contributed by atoms with Gasteiger partial charge in [-0.3, -0.25) is 23.5 Å². The molecule has 2 fully saturated rings. The van der Waals surface area contributed by atoms with Crippen LogP contribution < -0.4 is 21.3 Å². The van der Waals surface area contributed by atoms with Gasteiger partial charge in [-0.15, -0.1) is 0 Å². The lowest BCUT2D eigenvalue weighted by Crippen LogP contribution is -2.52. The van der Waals surface area contributed by atoms with E-state index in [-0.39, 0.29) is 76.8 Å². The van der Waals surface area contributed by atoms with Crippen molar-refractivity contribution in [3.05, 3.63) is 108 Å². The van der Waals surface area contributed by atoms with Crippen LogP contribution in [0.4, 0.5) is 9.59 Å². The molecule has 5 atom stereocenters. The summed E-state index contributed by atoms with van der Waals surface area (Å²) in [5.74, 6) is -4.87. The number of likely N-dealkylation sites (tertiary alicyclic amines) is 1. The zero-order chi connectivity index (χ0) is 45.7. The molecule has 1 saturated carbocycles. The van der Waals surface area contributed by atoms with Gasteiger partial charge in [0.25, 0.3) is 5.91 Å². The van der Waals surface area contributed by atoms with E-state index in [4.69, 9.17) is 14.0 Å². The molecule has 64 heavy (non-hydrogen) atoms. The molecular formula is C46H60N5O12P. The average molecular weight is 906 g/mol. The molecule has 0 spiro atoms. The molecule has 1 aliphatic carbocycles. The van der Waals surface area contributed by atoms with Crippen LogP contribution in [0.1, 0.15) is 87.3 Å². The number of carboxylic acid groups (broad SMARTS) is 1. The van der Waals surface area contributed by atoms with Crippen LogP contribution in [-0.4, -0.2) is 94.4 Å². The van der Waals surface area contributed by atoms with Crippen LogP contribution in [0.2, 0.25) is 0 Å². The van der Waals surface area contributed by atoms with Crippen LogP contribution in [0.15, 0.2) is 91.0 Å². The molecule has 17 nitrogen and oxygen atoms in total. The first-order valence-electron chi connectivity index (χ1n) is 22.0. The number of carbonyl (C=O) groups excluding carboxylic acids is 5. The molecule has 5 rings (SSSR count). The molecule has 1 heterocycles. The van der Waals surface area contributed by atoms with E-state index in [1.54, 1.807) is 30.3 Å². The van der Waals surface area contributed by atoms with Gasteiger partial charge in [0.05, 0.1) is 0 Å². The van der Waals surface area contributed by atoms with Crippen molar-refractivity contribution >= 4 is 43.5 Å². The molecule has 18 heteroatoms. The Kier molecular flexibility index (Phi) is 19.6. The fraction of sp³-hybridized carbons (Fsp3) is 0.478. The number of alkyl carbamates (subject to hydrolysis) is 2. The van der Waals surface area contributed by atoms with E-state index in [9.17, 15) is 43.3 Å². The van der Waals surface area contributed by atoms with Crippen LogP contribution in [0.25, 0.3) is 0 Å². The first-order valence-corrected chi connectivity index (χ1v) is 23.6. The van der Waals surface area contributed by atoms with Gasteiger partial charge in [-0.2, -0.15) is 0 Å². The Morgan fingerprint density at radius 2 is 1.22 bits per heavy atom. The average Bonchev–Trinajstić information content (AvgIpc) is 3.77. The van der Waals surface area contributed by atoms with Crippen molar-refractivity contribution in [1.29, 1.82) is 0 Å². The van der Waals surface area contributed by atoms with Gasteiger partial charge >= 0.3 is 25.8 Å². The smallest absolute Gasteiger partial charge is 0.407 e. The summed E-state index contributed by atoms with van der Waals surface area (Å²) < 4.78 is 30.9. The Balaban J connectivity index is 1.24. The molecule has 2 aliphatic rings. The Labute approximate surface area is 373 Å². The van der Waals surface area contributed by atoms with Crippen molar-refractivity contribution in [1.82, 2.24) is 26.2 Å². The van der Waals surface area contributed by atoms with E-state index in [2.05, 4.69) is 21.3 Å². The molecule has 1 saturated heterocycles. The Morgan fingerprint density at radius 3 is 1.73 bits per heavy atom. The third-order valence-corrected chi connectivity index (χ3v) is 12.9. The van der Waals surface area contributed by atoms with Crippen LogP contribution in [-0.2, 0) is 57.4 Å². The first kappa shape index (κ1) is 49.2. The minimum Gasteiger partial charge on any atom is -0.480 e. The van der Waals surface area contributed by atoms with E-state index in [1.807, 2.05) is 60.7 Å². The van der Waals surface area contributed by atoms with Gasteiger partial charge < -0.3 is 45.6 Å². The number of benzene rings is 3. The minimum absolute atomic E-state index is 0.0726. The summed E-state index contributed by atoms with van der Waals surface area (Å²) in [6.45, 7) is 0.673. The van der Waals surface area contributed by atoms with Gasteiger partial charge in [0, 0.05) is 32.0 Å². The van der Waals surface area contributed by atoms with Crippen LogP contribution in [0.3, 0.4) is 0 Å². The topological polar surface area (TPSA) is 239 Å². The number of hydrogen-bond donors (Lipinski definition) is 6. The maximum absolute atomic E-state index is 14.5. The van der Waals surface area contributed by atoms with Crippen molar-refractivity contribution < 1.29 is 57.3 Å². The minimum atomic E-state index is -4.98. The predicted octanol–water partition coefficient (Wildman–Crippen LogP) is 5.80. The van der Waals surface area contributed by atoms with Crippen molar-refractivity contribution in [2.24, 2.45) is 5.92 Å². The number of rotatable bonds is 25. The molecule has 5 amide bonds. The Morgan fingerprint density at radius 1 is 0.688 bits per heavy atom. The first-order chi connectivity index (χ1) is 30.9. The molecule has 346 valence electrons. The highest BCUT2D eigenvalue weighted by molar-refractivity contribution is 7.53. The summed E-state index contributed by atoms with van der Waals surface area (Å²) in [6.07, 6.45) is 1.24. The SMILES string of the molecule is O=C(NCCCCC(OP(=O)(O)[C@@H](Cc1ccccc1)NC(=O)[C@H](CCCCNC(=O)OCc1ccccc1)NC(=O)C1CCC1)C(=O)N1CCC[C@H]1C(=O)O)OCc1ccccc1. The maximum Gasteiger partial charge on any atom is 0.407 e. The quantitative estimate of drug-likeness (QED) is 0.0437. The lowest BCUT2D eigenvalue weighted by Gasteiger charge is -2.32. The van der Waals surface area contributed by atoms with E-state index in [0.29, 0.717) is 44.1 Å². The number of aliphatic carboxylic acids is 1. The van der Waals surface area contributed by atoms with E-state index in [0.717, 1.165) is 22.4 Å². The fourth-order valence-electron chi connectivity index (χ4n) is 7.39. The second kappa shape index (κ2) is 25.5. The van der Waals surface area contributed by atoms with Gasteiger partial charge in [0.1, 0.15) is 37.2 Å². The van der Waals surface area contributed by atoms with Crippen molar-refractivity contribution in [3.63, 3.8) is 0 Å². The van der Waals surface area contributed by atoms with Gasteiger partial charge in [-0.25, -0.2) is 14.4 Å². The van der Waals surface area contributed by atoms with Crippen molar-refractivity contribution in [2.75, 3.05) is 19.6 Å².